The third-order valence-corrected chi connectivity index (χ3v) is 4.45. The van der Waals surface area contributed by atoms with Gasteiger partial charge in [0.05, 0.1) is 6.04 Å². The van der Waals surface area contributed by atoms with Gasteiger partial charge in [-0.2, -0.15) is 4.37 Å². The molecule has 1 aliphatic rings. The van der Waals surface area contributed by atoms with Crippen LogP contribution in [-0.2, 0) is 17.8 Å². The van der Waals surface area contributed by atoms with Gasteiger partial charge in [-0.15, -0.1) is 0 Å². The van der Waals surface area contributed by atoms with Crippen LogP contribution < -0.4 is 4.90 Å². The van der Waals surface area contributed by atoms with E-state index in [9.17, 15) is 0 Å². The molecule has 2 aromatic rings. The first kappa shape index (κ1) is 12.6. The van der Waals surface area contributed by atoms with Crippen LogP contribution in [0.25, 0.3) is 0 Å². The summed E-state index contributed by atoms with van der Waals surface area (Å²) in [6.45, 7) is 0.478. The smallest absolute Gasteiger partial charge is 0.205 e. The van der Waals surface area contributed by atoms with Crippen LogP contribution in [0.1, 0.15) is 29.4 Å². The number of hydrogen-bond donors (Lipinski definition) is 0. The Labute approximate surface area is 117 Å². The Morgan fingerprint density at radius 2 is 2.26 bits per heavy atom. The van der Waals surface area contributed by atoms with Crippen LogP contribution in [0.3, 0.4) is 0 Å². The zero-order chi connectivity index (χ0) is 13.2. The first-order chi connectivity index (χ1) is 9.29. The summed E-state index contributed by atoms with van der Waals surface area (Å²) in [6.07, 6.45) is 2.30. The fourth-order valence-electron chi connectivity index (χ4n) is 2.65. The van der Waals surface area contributed by atoms with Gasteiger partial charge in [0.1, 0.15) is 6.61 Å². The van der Waals surface area contributed by atoms with E-state index in [1.165, 1.54) is 22.7 Å². The standard InChI is InChI=1S/C14H17N3OS/c1-17(14-15-13(9-18-2)16-19-14)12-8-7-10-5-3-4-6-11(10)12/h3-6,12H,7-9H2,1-2H3. The van der Waals surface area contributed by atoms with E-state index in [1.54, 1.807) is 7.11 Å². The number of rotatable bonds is 4. The van der Waals surface area contributed by atoms with Crippen molar-refractivity contribution in [1.29, 1.82) is 0 Å². The predicted molar refractivity (Wildman–Crippen MR) is 76.5 cm³/mol. The topological polar surface area (TPSA) is 38.2 Å². The first-order valence-electron chi connectivity index (χ1n) is 6.41. The van der Waals surface area contributed by atoms with Gasteiger partial charge in [0.2, 0.25) is 5.13 Å². The third-order valence-electron chi connectivity index (χ3n) is 3.60. The Morgan fingerprint density at radius 1 is 1.42 bits per heavy atom. The minimum Gasteiger partial charge on any atom is -0.377 e. The maximum absolute atomic E-state index is 5.07. The van der Waals surface area contributed by atoms with E-state index in [0.717, 1.165) is 23.8 Å². The van der Waals surface area contributed by atoms with Crippen molar-refractivity contribution in [2.75, 3.05) is 19.1 Å². The largest absolute Gasteiger partial charge is 0.377 e. The zero-order valence-corrected chi connectivity index (χ0v) is 12.0. The number of fused-ring (bicyclic) bond motifs is 1. The van der Waals surface area contributed by atoms with Crippen molar-refractivity contribution in [3.8, 4) is 0 Å². The quantitative estimate of drug-likeness (QED) is 0.860. The molecule has 1 aromatic heterocycles. The molecular formula is C14H17N3OS. The van der Waals surface area contributed by atoms with Crippen LogP contribution in [0.5, 0.6) is 0 Å². The fourth-order valence-corrected chi connectivity index (χ4v) is 3.33. The molecule has 1 unspecified atom stereocenters. The molecule has 0 radical (unpaired) electrons. The molecule has 0 fully saturated rings. The normalized spacial score (nSPS) is 17.5. The summed E-state index contributed by atoms with van der Waals surface area (Å²) in [5, 5.41) is 0.966. The van der Waals surface area contributed by atoms with Gasteiger partial charge in [-0.25, -0.2) is 4.98 Å². The summed E-state index contributed by atoms with van der Waals surface area (Å²) in [7, 11) is 3.77. The van der Waals surface area contributed by atoms with E-state index >= 15 is 0 Å². The van der Waals surface area contributed by atoms with Gasteiger partial charge < -0.3 is 9.64 Å². The van der Waals surface area contributed by atoms with Gasteiger partial charge in [0.25, 0.3) is 0 Å². The number of hydrogen-bond acceptors (Lipinski definition) is 5. The average Bonchev–Trinajstić information content (AvgIpc) is 3.05. The van der Waals surface area contributed by atoms with E-state index in [1.807, 2.05) is 0 Å². The highest BCUT2D eigenvalue weighted by Crippen LogP contribution is 2.37. The van der Waals surface area contributed by atoms with Gasteiger partial charge in [-0.05, 0) is 24.0 Å². The van der Waals surface area contributed by atoms with Crippen LogP contribution >= 0.6 is 11.5 Å². The number of benzene rings is 1. The molecule has 1 aromatic carbocycles. The Morgan fingerprint density at radius 3 is 3.11 bits per heavy atom. The van der Waals surface area contributed by atoms with Crippen molar-refractivity contribution < 1.29 is 4.74 Å². The lowest BCUT2D eigenvalue weighted by Gasteiger charge is -2.24. The second kappa shape index (κ2) is 5.27. The van der Waals surface area contributed by atoms with Crippen LogP contribution in [0.4, 0.5) is 5.13 Å². The Bertz CT molecular complexity index is 569. The molecule has 0 saturated carbocycles. The summed E-state index contributed by atoms with van der Waals surface area (Å²) in [6, 6.07) is 9.09. The van der Waals surface area contributed by atoms with Crippen molar-refractivity contribution in [2.45, 2.75) is 25.5 Å². The van der Waals surface area contributed by atoms with Crippen LogP contribution in [0, 0.1) is 0 Å². The van der Waals surface area contributed by atoms with E-state index in [0.29, 0.717) is 12.6 Å². The van der Waals surface area contributed by atoms with Crippen molar-refractivity contribution in [1.82, 2.24) is 9.36 Å². The molecule has 0 N–H and O–H groups in total. The summed E-state index contributed by atoms with van der Waals surface area (Å²) in [4.78, 5) is 6.76. The predicted octanol–water partition coefficient (Wildman–Crippen LogP) is 2.81. The number of ether oxygens (including phenoxy) is 1. The molecule has 0 bridgehead atoms. The zero-order valence-electron chi connectivity index (χ0n) is 11.2. The van der Waals surface area contributed by atoms with Crippen LogP contribution in [0.15, 0.2) is 24.3 Å². The number of nitrogens with zero attached hydrogens (tertiary/aromatic N) is 3. The van der Waals surface area contributed by atoms with Gasteiger partial charge in [-0.1, -0.05) is 24.3 Å². The molecule has 0 spiro atoms. The van der Waals surface area contributed by atoms with E-state index < -0.39 is 0 Å². The lowest BCUT2D eigenvalue weighted by atomic mass is 10.1. The van der Waals surface area contributed by atoms with Gasteiger partial charge in [0, 0.05) is 25.7 Å². The second-order valence-electron chi connectivity index (χ2n) is 4.79. The Hall–Kier alpha value is -1.46. The van der Waals surface area contributed by atoms with Gasteiger partial charge in [-0.3, -0.25) is 0 Å². The highest BCUT2D eigenvalue weighted by atomic mass is 32.1. The molecule has 100 valence electrons. The summed E-state index contributed by atoms with van der Waals surface area (Å²) < 4.78 is 9.38. The molecule has 4 nitrogen and oxygen atoms in total. The van der Waals surface area contributed by atoms with Gasteiger partial charge in [0.15, 0.2) is 5.82 Å². The van der Waals surface area contributed by atoms with Crippen molar-refractivity contribution in [2.24, 2.45) is 0 Å². The molecule has 0 aliphatic heterocycles. The molecule has 0 saturated heterocycles. The molecule has 3 rings (SSSR count). The monoisotopic (exact) mass is 275 g/mol. The minimum absolute atomic E-state index is 0.416. The van der Waals surface area contributed by atoms with E-state index in [-0.39, 0.29) is 0 Å². The van der Waals surface area contributed by atoms with Crippen molar-refractivity contribution in [3.05, 3.63) is 41.2 Å². The van der Waals surface area contributed by atoms with Crippen molar-refractivity contribution >= 4 is 16.7 Å². The molecule has 0 amide bonds. The number of aromatic nitrogens is 2. The van der Waals surface area contributed by atoms with E-state index in [4.69, 9.17) is 4.74 Å². The average molecular weight is 275 g/mol. The third kappa shape index (κ3) is 2.35. The summed E-state index contributed by atoms with van der Waals surface area (Å²) in [5.41, 5.74) is 2.88. The lowest BCUT2D eigenvalue weighted by Crippen LogP contribution is -2.22. The molecule has 5 heteroatoms. The molecule has 19 heavy (non-hydrogen) atoms. The molecule has 1 heterocycles. The number of anilines is 1. The lowest BCUT2D eigenvalue weighted by molar-refractivity contribution is 0.179. The Kier molecular flexibility index (Phi) is 3.48. The summed E-state index contributed by atoms with van der Waals surface area (Å²) in [5.74, 6) is 0.764. The van der Waals surface area contributed by atoms with Crippen molar-refractivity contribution in [3.63, 3.8) is 0 Å². The second-order valence-corrected chi connectivity index (χ2v) is 5.52. The number of methoxy groups -OCH3 is 1. The SMILES string of the molecule is COCc1nsc(N(C)C2CCc3ccccc32)n1. The Balaban J connectivity index is 1.82. The molecule has 1 atom stereocenters. The van der Waals surface area contributed by atoms with E-state index in [2.05, 4.69) is 45.6 Å². The summed E-state index contributed by atoms with van der Waals surface area (Å²) >= 11 is 1.44. The highest BCUT2D eigenvalue weighted by molar-refractivity contribution is 7.09. The maximum Gasteiger partial charge on any atom is 0.205 e. The van der Waals surface area contributed by atoms with Crippen LogP contribution in [-0.4, -0.2) is 23.5 Å². The minimum atomic E-state index is 0.416. The first-order valence-corrected chi connectivity index (χ1v) is 7.19. The molecular weight excluding hydrogens is 258 g/mol. The van der Waals surface area contributed by atoms with Crippen LogP contribution in [0.2, 0.25) is 0 Å². The number of aryl methyl sites for hydroxylation is 1. The highest BCUT2D eigenvalue weighted by Gasteiger charge is 2.27. The molecule has 1 aliphatic carbocycles. The maximum atomic E-state index is 5.07. The van der Waals surface area contributed by atoms with Gasteiger partial charge >= 0.3 is 0 Å². The fraction of sp³-hybridized carbons (Fsp3) is 0.429.